The number of phenols is 1. The zero-order valence-corrected chi connectivity index (χ0v) is 24.1. The third-order valence-corrected chi connectivity index (χ3v) is 6.52. The zero-order chi connectivity index (χ0) is 30.2. The molecule has 0 aliphatic heterocycles. The molecule has 4 unspecified atom stereocenters. The first-order valence-electron chi connectivity index (χ1n) is 13.1. The van der Waals surface area contributed by atoms with E-state index in [9.17, 15) is 29.4 Å². The van der Waals surface area contributed by atoms with Crippen molar-refractivity contribution < 1.29 is 29.4 Å². The molecule has 3 amide bonds. The minimum atomic E-state index is -1.22. The summed E-state index contributed by atoms with van der Waals surface area (Å²) >= 11 is 1.49. The van der Waals surface area contributed by atoms with Crippen LogP contribution in [0.15, 0.2) is 29.3 Å². The van der Waals surface area contributed by atoms with E-state index in [4.69, 9.17) is 17.2 Å². The standard InChI is InChI=1S/C26H43N7O6S/c1-15(2)13-21(24(37)32-20(25(38)39)5-4-11-30-26(28)29)33-23(36)19(10-12-40-3)31-22(35)18(27)14-16-6-8-17(34)9-7-16/h6-9,15,18-21,34H,4-5,10-14,27H2,1-3H3,(H,31,35)(H,32,37)(H,33,36)(H,38,39)(H4,28,29,30). The van der Waals surface area contributed by atoms with Gasteiger partial charge in [0.1, 0.15) is 23.9 Å². The number of rotatable bonds is 18. The van der Waals surface area contributed by atoms with Crippen LogP contribution in [0.5, 0.6) is 5.75 Å². The Morgan fingerprint density at radius 3 is 2.05 bits per heavy atom. The van der Waals surface area contributed by atoms with Gasteiger partial charge >= 0.3 is 5.97 Å². The molecule has 13 nitrogen and oxygen atoms in total. The minimum Gasteiger partial charge on any atom is -0.508 e. The van der Waals surface area contributed by atoms with Crippen molar-refractivity contribution in [1.29, 1.82) is 0 Å². The smallest absolute Gasteiger partial charge is 0.326 e. The van der Waals surface area contributed by atoms with E-state index in [0.717, 1.165) is 5.56 Å². The number of carboxylic acids is 1. The van der Waals surface area contributed by atoms with Gasteiger partial charge in [0, 0.05) is 6.54 Å². The molecule has 14 heteroatoms. The summed E-state index contributed by atoms with van der Waals surface area (Å²) in [4.78, 5) is 54.7. The van der Waals surface area contributed by atoms with E-state index in [2.05, 4.69) is 20.9 Å². The number of carboxylic acid groups (broad SMARTS) is 1. The fourth-order valence-corrected chi connectivity index (χ4v) is 4.24. The predicted octanol–water partition coefficient (Wildman–Crippen LogP) is -0.346. The lowest BCUT2D eigenvalue weighted by atomic mass is 10.0. The lowest BCUT2D eigenvalue weighted by molar-refractivity contribution is -0.142. The lowest BCUT2D eigenvalue weighted by Gasteiger charge is -2.26. The molecule has 11 N–H and O–H groups in total. The number of aliphatic carboxylic acids is 1. The summed E-state index contributed by atoms with van der Waals surface area (Å²) < 4.78 is 0. The number of aromatic hydroxyl groups is 1. The molecule has 4 atom stereocenters. The number of thioether (sulfide) groups is 1. The highest BCUT2D eigenvalue weighted by Gasteiger charge is 2.30. The number of amides is 3. The van der Waals surface area contributed by atoms with E-state index in [1.165, 1.54) is 23.9 Å². The highest BCUT2D eigenvalue weighted by molar-refractivity contribution is 7.98. The van der Waals surface area contributed by atoms with Crippen LogP contribution >= 0.6 is 11.8 Å². The van der Waals surface area contributed by atoms with E-state index >= 15 is 0 Å². The summed E-state index contributed by atoms with van der Waals surface area (Å²) in [7, 11) is 0. The van der Waals surface area contributed by atoms with Gasteiger partial charge in [-0.25, -0.2) is 4.79 Å². The number of aliphatic imine (C=N–C) groups is 1. The predicted molar refractivity (Wildman–Crippen MR) is 156 cm³/mol. The van der Waals surface area contributed by atoms with E-state index in [1.54, 1.807) is 12.1 Å². The Morgan fingerprint density at radius 2 is 1.50 bits per heavy atom. The molecule has 0 bridgehead atoms. The number of nitrogens with zero attached hydrogens (tertiary/aromatic N) is 1. The van der Waals surface area contributed by atoms with Crippen LogP contribution in [0.1, 0.15) is 45.1 Å². The van der Waals surface area contributed by atoms with Gasteiger partial charge in [0.15, 0.2) is 5.96 Å². The topological polar surface area (TPSA) is 235 Å². The molecule has 40 heavy (non-hydrogen) atoms. The largest absolute Gasteiger partial charge is 0.508 e. The van der Waals surface area contributed by atoms with Gasteiger partial charge in [0.2, 0.25) is 17.7 Å². The molecule has 0 saturated heterocycles. The summed E-state index contributed by atoms with van der Waals surface area (Å²) in [5.74, 6) is -2.43. The Balaban J connectivity index is 2.92. The van der Waals surface area contributed by atoms with Gasteiger partial charge in [-0.1, -0.05) is 26.0 Å². The SMILES string of the molecule is CSCCC(NC(=O)C(N)Cc1ccc(O)cc1)C(=O)NC(CC(C)C)C(=O)NC(CCCN=C(N)N)C(=O)O. The first kappa shape index (κ1) is 34.5. The van der Waals surface area contributed by atoms with Crippen LogP contribution in [-0.2, 0) is 25.6 Å². The zero-order valence-electron chi connectivity index (χ0n) is 23.3. The van der Waals surface area contributed by atoms with Crippen molar-refractivity contribution in [3.8, 4) is 5.75 Å². The third kappa shape index (κ3) is 13.5. The molecule has 0 aliphatic rings. The molecule has 0 aliphatic carbocycles. The second-order valence-electron chi connectivity index (χ2n) is 9.86. The maximum absolute atomic E-state index is 13.3. The van der Waals surface area contributed by atoms with Crippen LogP contribution in [0.3, 0.4) is 0 Å². The highest BCUT2D eigenvalue weighted by atomic mass is 32.2. The molecular formula is C26H43N7O6S. The molecular weight excluding hydrogens is 538 g/mol. The van der Waals surface area contributed by atoms with Gasteiger partial charge in [-0.15, -0.1) is 0 Å². The second-order valence-corrected chi connectivity index (χ2v) is 10.8. The molecule has 0 spiro atoms. The Hall–Kier alpha value is -3.52. The number of hydrogen-bond donors (Lipinski definition) is 8. The normalized spacial score (nSPS) is 13.9. The van der Waals surface area contributed by atoms with E-state index in [0.29, 0.717) is 18.6 Å². The number of benzene rings is 1. The van der Waals surface area contributed by atoms with Gasteiger partial charge in [-0.05, 0) is 67.7 Å². The van der Waals surface area contributed by atoms with Crippen LogP contribution in [-0.4, -0.2) is 82.6 Å². The van der Waals surface area contributed by atoms with Gasteiger partial charge in [0.25, 0.3) is 0 Å². The first-order valence-corrected chi connectivity index (χ1v) is 14.4. The summed E-state index contributed by atoms with van der Waals surface area (Å²) in [6.45, 7) is 3.94. The number of hydrogen-bond acceptors (Lipinski definition) is 8. The van der Waals surface area contributed by atoms with Crippen molar-refractivity contribution in [1.82, 2.24) is 16.0 Å². The Kier molecular flexibility index (Phi) is 15.5. The van der Waals surface area contributed by atoms with Gasteiger partial charge in [0.05, 0.1) is 6.04 Å². The summed E-state index contributed by atoms with van der Waals surface area (Å²) in [5.41, 5.74) is 17.4. The number of nitrogens with one attached hydrogen (secondary N) is 3. The Morgan fingerprint density at radius 1 is 0.925 bits per heavy atom. The van der Waals surface area contributed by atoms with Gasteiger partial charge < -0.3 is 43.4 Å². The maximum Gasteiger partial charge on any atom is 0.326 e. The maximum atomic E-state index is 13.3. The van der Waals surface area contributed by atoms with Crippen LogP contribution in [0.25, 0.3) is 0 Å². The number of guanidine groups is 1. The molecule has 0 fully saturated rings. The number of carbonyl (C=O) groups is 4. The van der Waals surface area contributed by atoms with Crippen LogP contribution < -0.4 is 33.2 Å². The average molecular weight is 582 g/mol. The van der Waals surface area contributed by atoms with Crippen molar-refractivity contribution >= 4 is 41.4 Å². The number of phenolic OH excluding ortho intramolecular Hbond substituents is 1. The van der Waals surface area contributed by atoms with Crippen molar-refractivity contribution in [3.63, 3.8) is 0 Å². The molecule has 0 aromatic heterocycles. The van der Waals surface area contributed by atoms with Crippen molar-refractivity contribution in [2.45, 2.75) is 70.1 Å². The molecule has 0 radical (unpaired) electrons. The van der Waals surface area contributed by atoms with Gasteiger partial charge in [-0.3, -0.25) is 19.4 Å². The number of carbonyl (C=O) groups excluding carboxylic acids is 3. The second kappa shape index (κ2) is 17.9. The highest BCUT2D eigenvalue weighted by Crippen LogP contribution is 2.12. The van der Waals surface area contributed by atoms with Crippen LogP contribution in [0.4, 0.5) is 0 Å². The van der Waals surface area contributed by atoms with E-state index in [1.807, 2.05) is 20.1 Å². The molecule has 224 valence electrons. The average Bonchev–Trinajstić information content (AvgIpc) is 2.88. The molecule has 0 saturated carbocycles. The third-order valence-electron chi connectivity index (χ3n) is 5.87. The van der Waals surface area contributed by atoms with Crippen LogP contribution in [0.2, 0.25) is 0 Å². The fourth-order valence-electron chi connectivity index (χ4n) is 3.77. The Bertz CT molecular complexity index is 1000. The summed E-state index contributed by atoms with van der Waals surface area (Å²) in [5, 5.41) is 26.9. The summed E-state index contributed by atoms with van der Waals surface area (Å²) in [6.07, 6.45) is 3.02. The van der Waals surface area contributed by atoms with Crippen molar-refractivity contribution in [3.05, 3.63) is 29.8 Å². The molecule has 1 aromatic carbocycles. The van der Waals surface area contributed by atoms with Crippen molar-refractivity contribution in [2.24, 2.45) is 28.1 Å². The first-order chi connectivity index (χ1) is 18.8. The quantitative estimate of drug-likeness (QED) is 0.0637. The number of nitrogens with two attached hydrogens (primary N) is 3. The van der Waals surface area contributed by atoms with E-state index < -0.39 is 47.9 Å². The minimum absolute atomic E-state index is 0.000774. The lowest BCUT2D eigenvalue weighted by Crippen LogP contribution is -2.57. The molecule has 0 heterocycles. The monoisotopic (exact) mass is 581 g/mol. The van der Waals surface area contributed by atoms with Crippen LogP contribution in [0, 0.1) is 5.92 Å². The van der Waals surface area contributed by atoms with Gasteiger partial charge in [-0.2, -0.15) is 11.8 Å². The fraction of sp³-hybridized carbons (Fsp3) is 0.577. The summed E-state index contributed by atoms with van der Waals surface area (Å²) in [6, 6.07) is 2.18. The van der Waals surface area contributed by atoms with E-state index in [-0.39, 0.29) is 43.4 Å². The molecule has 1 aromatic rings. The van der Waals surface area contributed by atoms with Crippen molar-refractivity contribution in [2.75, 3.05) is 18.6 Å². The Labute approximate surface area is 239 Å². The molecule has 1 rings (SSSR count).